The third kappa shape index (κ3) is 2.91. The van der Waals surface area contributed by atoms with Crippen molar-refractivity contribution in [3.05, 3.63) is 0 Å². The van der Waals surface area contributed by atoms with E-state index in [1.54, 1.807) is 0 Å². The van der Waals surface area contributed by atoms with Crippen LogP contribution in [0.1, 0.15) is 19.3 Å². The first kappa shape index (κ1) is 10.3. The molecule has 0 bridgehead atoms. The molecule has 0 aromatic rings. The number of carbonyl (C=O) groups is 1. The van der Waals surface area contributed by atoms with Crippen molar-refractivity contribution >= 4 is 35.7 Å². The van der Waals surface area contributed by atoms with Crippen LogP contribution < -0.4 is 0 Å². The number of aliphatic carboxylic acids is 1. The highest BCUT2D eigenvalue weighted by atomic mass is 127. The van der Waals surface area contributed by atoms with Gasteiger partial charge >= 0.3 is 13.1 Å². The topological polar surface area (TPSA) is 66.8 Å². The first-order chi connectivity index (χ1) is 5.59. The summed E-state index contributed by atoms with van der Waals surface area (Å²) in [7, 11) is -0.802. The Kier molecular flexibility index (Phi) is 3.79. The molecule has 0 aliphatic carbocycles. The molecule has 1 rings (SSSR count). The summed E-state index contributed by atoms with van der Waals surface area (Å²) in [4.78, 5) is 10.3. The number of carboxylic acids is 1. The van der Waals surface area contributed by atoms with Crippen molar-refractivity contribution in [2.24, 2.45) is 0 Å². The van der Waals surface area contributed by atoms with Gasteiger partial charge in [-0.2, -0.15) is 0 Å². The van der Waals surface area contributed by atoms with Crippen LogP contribution in [0.4, 0.5) is 0 Å². The molecule has 2 N–H and O–H groups in total. The minimum atomic E-state index is -0.876. The molecule has 1 aliphatic heterocycles. The number of alkyl halides is 1. The van der Waals surface area contributed by atoms with Gasteiger partial charge in [0.1, 0.15) is 0 Å². The Labute approximate surface area is 84.6 Å². The van der Waals surface area contributed by atoms with Gasteiger partial charge in [-0.05, 0) is 12.8 Å². The van der Waals surface area contributed by atoms with Gasteiger partial charge in [-0.15, -0.1) is 0 Å². The largest absolute Gasteiger partial charge is 0.481 e. The number of halogens is 1. The summed E-state index contributed by atoms with van der Waals surface area (Å²) >= 11 is 2.10. The zero-order valence-corrected chi connectivity index (χ0v) is 8.60. The van der Waals surface area contributed by atoms with Crippen molar-refractivity contribution in [2.75, 3.05) is 0 Å². The number of hydrogen-bond donors (Lipinski definition) is 2. The maximum Gasteiger partial charge on any atom is 0.468 e. The SMILES string of the molecule is O=C(O)CC1CCC(I)B(O)O1. The zero-order chi connectivity index (χ0) is 9.14. The van der Waals surface area contributed by atoms with Gasteiger partial charge in [0.15, 0.2) is 0 Å². The van der Waals surface area contributed by atoms with Gasteiger partial charge in [0.25, 0.3) is 0 Å². The zero-order valence-electron chi connectivity index (χ0n) is 6.44. The Morgan fingerprint density at radius 2 is 2.33 bits per heavy atom. The summed E-state index contributed by atoms with van der Waals surface area (Å²) in [6.45, 7) is 0. The lowest BCUT2D eigenvalue weighted by Gasteiger charge is -2.27. The fourth-order valence-electron chi connectivity index (χ4n) is 1.18. The number of carboxylic acid groups (broad SMARTS) is 1. The highest BCUT2D eigenvalue weighted by molar-refractivity contribution is 14.1. The van der Waals surface area contributed by atoms with Crippen molar-refractivity contribution in [2.45, 2.75) is 29.2 Å². The summed E-state index contributed by atoms with van der Waals surface area (Å²) in [6.07, 6.45) is 1.21. The van der Waals surface area contributed by atoms with Crippen LogP contribution in [0.5, 0.6) is 0 Å². The molecule has 2 atom stereocenters. The first-order valence-corrected chi connectivity index (χ1v) is 5.03. The van der Waals surface area contributed by atoms with Gasteiger partial charge in [-0.3, -0.25) is 4.79 Å². The molecule has 4 nitrogen and oxygen atoms in total. The van der Waals surface area contributed by atoms with Gasteiger partial charge < -0.3 is 14.8 Å². The maximum atomic E-state index is 10.3. The second-order valence-corrected chi connectivity index (χ2v) is 4.44. The highest BCUT2D eigenvalue weighted by Gasteiger charge is 2.33. The standard InChI is InChI=1S/C6H10BIO4/c8-5-2-1-4(3-6(9)10)12-7(5)11/h4-5,11H,1-3H2,(H,9,10). The summed E-state index contributed by atoms with van der Waals surface area (Å²) in [5.74, 6) is -0.876. The minimum Gasteiger partial charge on any atom is -0.481 e. The molecule has 1 heterocycles. The molecule has 1 aliphatic rings. The van der Waals surface area contributed by atoms with E-state index < -0.39 is 13.1 Å². The number of rotatable bonds is 2. The van der Waals surface area contributed by atoms with Crippen LogP contribution in [0.25, 0.3) is 0 Å². The Hall–Kier alpha value is 0.185. The van der Waals surface area contributed by atoms with Crippen LogP contribution in [0.3, 0.4) is 0 Å². The Morgan fingerprint density at radius 1 is 1.67 bits per heavy atom. The average Bonchev–Trinajstić information content (AvgIpc) is 1.96. The maximum absolute atomic E-state index is 10.3. The predicted octanol–water partition coefficient (Wildman–Crippen LogP) is 0.463. The van der Waals surface area contributed by atoms with E-state index in [-0.39, 0.29) is 16.3 Å². The molecule has 0 saturated carbocycles. The Balaban J connectivity index is 2.35. The van der Waals surface area contributed by atoms with Gasteiger partial charge in [-0.25, -0.2) is 0 Å². The van der Waals surface area contributed by atoms with Crippen LogP contribution in [0.15, 0.2) is 0 Å². The van der Waals surface area contributed by atoms with Gasteiger partial charge in [-0.1, -0.05) is 22.6 Å². The van der Waals surface area contributed by atoms with E-state index in [0.717, 1.165) is 12.8 Å². The van der Waals surface area contributed by atoms with Crippen LogP contribution in [0, 0.1) is 0 Å². The normalized spacial score (nSPS) is 30.3. The summed E-state index contributed by atoms with van der Waals surface area (Å²) in [5, 5.41) is 17.7. The van der Waals surface area contributed by atoms with E-state index in [1.165, 1.54) is 0 Å². The lowest BCUT2D eigenvalue weighted by molar-refractivity contribution is -0.139. The second kappa shape index (κ2) is 4.43. The average molecular weight is 284 g/mol. The molecule has 6 heteroatoms. The fraction of sp³-hybridized carbons (Fsp3) is 0.833. The van der Waals surface area contributed by atoms with E-state index in [4.69, 9.17) is 9.76 Å². The van der Waals surface area contributed by atoms with E-state index >= 15 is 0 Å². The summed E-state index contributed by atoms with van der Waals surface area (Å²) in [5.41, 5.74) is 0. The van der Waals surface area contributed by atoms with Crippen LogP contribution in [-0.2, 0) is 9.45 Å². The molecule has 0 radical (unpaired) electrons. The molecule has 0 aromatic heterocycles. The molecule has 0 aromatic carbocycles. The van der Waals surface area contributed by atoms with E-state index in [0.29, 0.717) is 0 Å². The van der Waals surface area contributed by atoms with Crippen LogP contribution in [0.2, 0.25) is 0 Å². The van der Waals surface area contributed by atoms with Crippen LogP contribution in [-0.4, -0.2) is 33.1 Å². The lowest BCUT2D eigenvalue weighted by Crippen LogP contribution is -2.40. The predicted molar refractivity (Wildman–Crippen MR) is 52.1 cm³/mol. The van der Waals surface area contributed by atoms with Crippen molar-refractivity contribution in [3.8, 4) is 0 Å². The quantitative estimate of drug-likeness (QED) is 0.439. The van der Waals surface area contributed by atoms with Gasteiger partial charge in [0, 0.05) is 3.82 Å². The Bertz CT molecular complexity index is 177. The molecule has 0 amide bonds. The third-order valence-corrected chi connectivity index (χ3v) is 3.05. The summed E-state index contributed by atoms with van der Waals surface area (Å²) in [6, 6.07) is 0. The molecule has 2 unspecified atom stereocenters. The fourth-order valence-corrected chi connectivity index (χ4v) is 1.71. The Morgan fingerprint density at radius 3 is 2.83 bits per heavy atom. The molecule has 12 heavy (non-hydrogen) atoms. The number of hydrogen-bond acceptors (Lipinski definition) is 3. The van der Waals surface area contributed by atoms with Crippen molar-refractivity contribution in [1.29, 1.82) is 0 Å². The van der Waals surface area contributed by atoms with Crippen molar-refractivity contribution in [1.82, 2.24) is 0 Å². The van der Waals surface area contributed by atoms with Gasteiger partial charge in [0.2, 0.25) is 0 Å². The van der Waals surface area contributed by atoms with E-state index in [9.17, 15) is 9.82 Å². The second-order valence-electron chi connectivity index (χ2n) is 2.84. The van der Waals surface area contributed by atoms with Gasteiger partial charge in [0.05, 0.1) is 12.5 Å². The third-order valence-electron chi connectivity index (χ3n) is 1.81. The van der Waals surface area contributed by atoms with Crippen molar-refractivity contribution in [3.63, 3.8) is 0 Å². The molecular weight excluding hydrogens is 274 g/mol. The smallest absolute Gasteiger partial charge is 0.468 e. The van der Waals surface area contributed by atoms with E-state index in [2.05, 4.69) is 22.6 Å². The molecule has 0 spiro atoms. The van der Waals surface area contributed by atoms with Crippen molar-refractivity contribution < 1.29 is 19.6 Å². The first-order valence-electron chi connectivity index (χ1n) is 3.79. The molecule has 1 fully saturated rings. The van der Waals surface area contributed by atoms with E-state index in [1.807, 2.05) is 0 Å². The van der Waals surface area contributed by atoms with Crippen LogP contribution >= 0.6 is 22.6 Å². The lowest BCUT2D eigenvalue weighted by atomic mass is 9.78. The molecule has 68 valence electrons. The highest BCUT2D eigenvalue weighted by Crippen LogP contribution is 2.23. The minimum absolute atomic E-state index is 0.0135. The summed E-state index contributed by atoms with van der Waals surface area (Å²) < 4.78 is 5.17. The molecule has 1 saturated heterocycles. The molecular formula is C6H10BIO4. The monoisotopic (exact) mass is 284 g/mol.